The van der Waals surface area contributed by atoms with Crippen LogP contribution in [0.3, 0.4) is 0 Å². The van der Waals surface area contributed by atoms with Crippen LogP contribution in [0.15, 0.2) is 18.2 Å². The molecule has 1 aromatic rings. The fraction of sp³-hybridized carbons (Fsp3) is 0.588. The number of carbonyl (C=O) groups excluding carboxylic acids is 1. The van der Waals surface area contributed by atoms with E-state index in [9.17, 15) is 9.90 Å². The van der Waals surface area contributed by atoms with Crippen molar-refractivity contribution in [3.8, 4) is 0 Å². The second-order valence-corrected chi connectivity index (χ2v) is 7.66. The molecule has 0 radical (unpaired) electrons. The van der Waals surface area contributed by atoms with Crippen molar-refractivity contribution in [2.45, 2.75) is 58.7 Å². The molecule has 1 aromatic carbocycles. The molecule has 0 heterocycles. The van der Waals surface area contributed by atoms with Crippen LogP contribution < -0.4 is 0 Å². The van der Waals surface area contributed by atoms with Gasteiger partial charge in [0, 0.05) is 5.56 Å². The lowest BCUT2D eigenvalue weighted by atomic mass is 9.79. The van der Waals surface area contributed by atoms with Crippen molar-refractivity contribution in [3.05, 3.63) is 34.9 Å². The molecular formula is C17H26O3S. The van der Waals surface area contributed by atoms with Crippen LogP contribution in [0.4, 0.5) is 0 Å². The molecule has 0 bridgehead atoms. The highest BCUT2D eigenvalue weighted by molar-refractivity contribution is 7.81. The molecule has 0 aromatic heterocycles. The zero-order valence-corrected chi connectivity index (χ0v) is 14.6. The molecule has 1 N–H and O–H groups in total. The van der Waals surface area contributed by atoms with E-state index >= 15 is 0 Å². The van der Waals surface area contributed by atoms with Crippen LogP contribution in [0.5, 0.6) is 0 Å². The molecule has 1 unspecified atom stereocenters. The summed E-state index contributed by atoms with van der Waals surface area (Å²) >= 11 is 3.85. The minimum absolute atomic E-state index is 0.0523. The first-order valence-electron chi connectivity index (χ1n) is 7.09. The third-order valence-electron chi connectivity index (χ3n) is 3.34. The average molecular weight is 310 g/mol. The van der Waals surface area contributed by atoms with E-state index in [4.69, 9.17) is 4.74 Å². The minimum Gasteiger partial charge on any atom is -0.431 e. The third-order valence-corrected chi connectivity index (χ3v) is 3.60. The normalized spacial score (nSPS) is 13.9. The Kier molecular flexibility index (Phi) is 5.51. The molecule has 4 heteroatoms. The fourth-order valence-electron chi connectivity index (χ4n) is 1.89. The number of aliphatic hydroxyl groups is 1. The summed E-state index contributed by atoms with van der Waals surface area (Å²) in [6.45, 7) is 12.7. The SMILES string of the molecule is CC(C)(C)c1cc(C(O)OC(=O)CS)cc(C(C)(C)C)c1. The molecule has 0 spiro atoms. The minimum atomic E-state index is -1.26. The van der Waals surface area contributed by atoms with Crippen molar-refractivity contribution in [1.29, 1.82) is 0 Å². The molecule has 0 saturated carbocycles. The molecule has 0 aliphatic carbocycles. The predicted octanol–water partition coefficient (Wildman–Crippen LogP) is 3.75. The van der Waals surface area contributed by atoms with Gasteiger partial charge in [-0.1, -0.05) is 47.6 Å². The molecule has 1 rings (SSSR count). The average Bonchev–Trinajstić information content (AvgIpc) is 2.35. The number of ether oxygens (including phenoxy) is 1. The van der Waals surface area contributed by atoms with Crippen molar-refractivity contribution in [1.82, 2.24) is 0 Å². The van der Waals surface area contributed by atoms with Crippen LogP contribution in [0.2, 0.25) is 0 Å². The second-order valence-electron chi connectivity index (χ2n) is 7.34. The van der Waals surface area contributed by atoms with E-state index in [0.717, 1.165) is 11.1 Å². The number of benzene rings is 1. The Hall–Kier alpha value is -1.00. The number of carbonyl (C=O) groups is 1. The summed E-state index contributed by atoms with van der Waals surface area (Å²) in [5.74, 6) is -0.591. The van der Waals surface area contributed by atoms with Gasteiger partial charge in [0.25, 0.3) is 0 Å². The van der Waals surface area contributed by atoms with Gasteiger partial charge in [0.15, 0.2) is 0 Å². The fourth-order valence-corrected chi connectivity index (χ4v) is 1.96. The van der Waals surface area contributed by atoms with E-state index < -0.39 is 12.3 Å². The van der Waals surface area contributed by atoms with Gasteiger partial charge in [-0.05, 0) is 34.1 Å². The zero-order chi connectivity index (χ0) is 16.4. The van der Waals surface area contributed by atoms with Gasteiger partial charge in [0.1, 0.15) is 0 Å². The molecular weight excluding hydrogens is 284 g/mol. The van der Waals surface area contributed by atoms with Crippen molar-refractivity contribution in [2.75, 3.05) is 5.75 Å². The van der Waals surface area contributed by atoms with Crippen LogP contribution >= 0.6 is 12.6 Å². The molecule has 0 aliphatic heterocycles. The molecule has 118 valence electrons. The molecule has 0 amide bonds. The molecule has 0 aliphatic rings. The van der Waals surface area contributed by atoms with E-state index in [-0.39, 0.29) is 16.6 Å². The summed E-state index contributed by atoms with van der Waals surface area (Å²) in [5.41, 5.74) is 2.70. The topological polar surface area (TPSA) is 46.5 Å². The lowest BCUT2D eigenvalue weighted by Gasteiger charge is -2.27. The maximum Gasteiger partial charge on any atom is 0.318 e. The summed E-state index contributed by atoms with van der Waals surface area (Å²) in [6, 6.07) is 5.94. The van der Waals surface area contributed by atoms with Gasteiger partial charge in [-0.15, -0.1) is 0 Å². The Bertz CT molecular complexity index is 477. The number of hydrogen-bond acceptors (Lipinski definition) is 4. The quantitative estimate of drug-likeness (QED) is 0.508. The standard InChI is InChI=1S/C17H26O3S/c1-16(2,3)12-7-11(15(19)20-14(18)10-21)8-13(9-12)17(4,5)6/h7-9,15,19,21H,10H2,1-6H3. The van der Waals surface area contributed by atoms with Gasteiger partial charge in [-0.2, -0.15) is 12.6 Å². The monoisotopic (exact) mass is 310 g/mol. The lowest BCUT2D eigenvalue weighted by molar-refractivity contribution is -0.165. The van der Waals surface area contributed by atoms with E-state index in [2.05, 4.69) is 60.2 Å². The molecule has 0 fully saturated rings. The Labute approximate surface area is 133 Å². The molecule has 21 heavy (non-hydrogen) atoms. The van der Waals surface area contributed by atoms with E-state index in [1.807, 2.05) is 12.1 Å². The summed E-state index contributed by atoms with van der Waals surface area (Å²) in [6.07, 6.45) is -1.26. The first-order chi connectivity index (χ1) is 9.45. The van der Waals surface area contributed by atoms with Crippen LogP contribution in [0.1, 0.15) is 64.5 Å². The zero-order valence-electron chi connectivity index (χ0n) is 13.7. The molecule has 0 saturated heterocycles. The molecule has 1 atom stereocenters. The Morgan fingerprint density at radius 2 is 1.52 bits per heavy atom. The maximum absolute atomic E-state index is 11.3. The third kappa shape index (κ3) is 5.04. The summed E-state index contributed by atoms with van der Waals surface area (Å²) < 4.78 is 4.96. The van der Waals surface area contributed by atoms with Crippen molar-refractivity contribution >= 4 is 18.6 Å². The summed E-state index contributed by atoms with van der Waals surface area (Å²) in [5, 5.41) is 10.1. The number of thiol groups is 1. The Morgan fingerprint density at radius 1 is 1.10 bits per heavy atom. The predicted molar refractivity (Wildman–Crippen MR) is 88.7 cm³/mol. The molecule has 3 nitrogen and oxygen atoms in total. The van der Waals surface area contributed by atoms with Gasteiger partial charge in [0.2, 0.25) is 6.29 Å². The number of esters is 1. The Balaban J connectivity index is 3.28. The largest absolute Gasteiger partial charge is 0.431 e. The highest BCUT2D eigenvalue weighted by Gasteiger charge is 2.23. The van der Waals surface area contributed by atoms with Crippen molar-refractivity contribution in [2.24, 2.45) is 0 Å². The number of aliphatic hydroxyl groups excluding tert-OH is 1. The number of hydrogen-bond donors (Lipinski definition) is 2. The number of rotatable bonds is 3. The van der Waals surface area contributed by atoms with E-state index in [1.54, 1.807) is 0 Å². The second kappa shape index (κ2) is 6.41. The van der Waals surface area contributed by atoms with Crippen LogP contribution in [0, 0.1) is 0 Å². The highest BCUT2D eigenvalue weighted by atomic mass is 32.1. The van der Waals surface area contributed by atoms with Crippen LogP contribution in [-0.2, 0) is 20.4 Å². The van der Waals surface area contributed by atoms with Gasteiger partial charge >= 0.3 is 5.97 Å². The lowest BCUT2D eigenvalue weighted by Crippen LogP contribution is -2.19. The van der Waals surface area contributed by atoms with Gasteiger partial charge < -0.3 is 9.84 Å². The van der Waals surface area contributed by atoms with Crippen LogP contribution in [-0.4, -0.2) is 16.8 Å². The van der Waals surface area contributed by atoms with E-state index in [0.29, 0.717) is 5.56 Å². The summed E-state index contributed by atoms with van der Waals surface area (Å²) in [7, 11) is 0. The van der Waals surface area contributed by atoms with Crippen molar-refractivity contribution < 1.29 is 14.6 Å². The smallest absolute Gasteiger partial charge is 0.318 e. The maximum atomic E-state index is 11.3. The van der Waals surface area contributed by atoms with Crippen molar-refractivity contribution in [3.63, 3.8) is 0 Å². The van der Waals surface area contributed by atoms with Gasteiger partial charge in [-0.3, -0.25) is 4.79 Å². The Morgan fingerprint density at radius 3 is 1.86 bits per heavy atom. The van der Waals surface area contributed by atoms with Gasteiger partial charge in [-0.25, -0.2) is 0 Å². The van der Waals surface area contributed by atoms with E-state index in [1.165, 1.54) is 0 Å². The first kappa shape index (κ1) is 18.1. The first-order valence-corrected chi connectivity index (χ1v) is 7.73. The van der Waals surface area contributed by atoms with Gasteiger partial charge in [0.05, 0.1) is 5.75 Å². The highest BCUT2D eigenvalue weighted by Crippen LogP contribution is 2.32. The van der Waals surface area contributed by atoms with Crippen LogP contribution in [0.25, 0.3) is 0 Å². The summed E-state index contributed by atoms with van der Waals surface area (Å²) in [4.78, 5) is 11.3.